The third-order valence-electron chi connectivity index (χ3n) is 2.83. The zero-order valence-electron chi connectivity index (χ0n) is 8.64. The van der Waals surface area contributed by atoms with E-state index in [0.29, 0.717) is 0 Å². The van der Waals surface area contributed by atoms with E-state index in [-0.39, 0.29) is 12.2 Å². The third-order valence-corrected chi connectivity index (χ3v) is 3.18. The van der Waals surface area contributed by atoms with Crippen LogP contribution in [0.5, 0.6) is 0 Å². The van der Waals surface area contributed by atoms with Gasteiger partial charge in [0.15, 0.2) is 0 Å². The molecule has 80 valence electrons. The summed E-state index contributed by atoms with van der Waals surface area (Å²) in [4.78, 5) is 0. The second kappa shape index (κ2) is 3.93. The molecule has 3 rings (SSSR count). The minimum Gasteiger partial charge on any atom is -0.359 e. The number of halogens is 1. The van der Waals surface area contributed by atoms with Crippen molar-refractivity contribution < 1.29 is 4.74 Å². The van der Waals surface area contributed by atoms with E-state index < -0.39 is 0 Å². The average Bonchev–Trinajstić information content (AvgIpc) is 3.11. The lowest BCUT2D eigenvalue weighted by Gasteiger charge is -1.99. The summed E-state index contributed by atoms with van der Waals surface area (Å²) >= 11 is 6.13. The Kier molecular flexibility index (Phi) is 2.43. The van der Waals surface area contributed by atoms with Crippen LogP contribution in [0.15, 0.2) is 54.6 Å². The highest BCUT2D eigenvalue weighted by atomic mass is 35.5. The van der Waals surface area contributed by atoms with Crippen LogP contribution in [0.1, 0.15) is 23.3 Å². The second-order valence-electron chi connectivity index (χ2n) is 3.91. The van der Waals surface area contributed by atoms with Crippen LogP contribution in [0.2, 0.25) is 5.02 Å². The van der Waals surface area contributed by atoms with Crippen LogP contribution in [0, 0.1) is 0 Å². The maximum Gasteiger partial charge on any atom is 0.115 e. The van der Waals surface area contributed by atoms with Gasteiger partial charge >= 0.3 is 0 Å². The van der Waals surface area contributed by atoms with Crippen LogP contribution in [0.4, 0.5) is 0 Å². The molecule has 2 aromatic carbocycles. The lowest BCUT2D eigenvalue weighted by molar-refractivity contribution is 0.378. The van der Waals surface area contributed by atoms with Gasteiger partial charge in [-0.15, -0.1) is 0 Å². The van der Waals surface area contributed by atoms with E-state index in [1.165, 1.54) is 5.56 Å². The van der Waals surface area contributed by atoms with E-state index >= 15 is 0 Å². The molecular formula is C14H11ClO. The van der Waals surface area contributed by atoms with E-state index in [4.69, 9.17) is 16.3 Å². The Morgan fingerprint density at radius 2 is 1.50 bits per heavy atom. The van der Waals surface area contributed by atoms with Gasteiger partial charge in [-0.3, -0.25) is 0 Å². The molecule has 0 aliphatic carbocycles. The fourth-order valence-electron chi connectivity index (χ4n) is 1.95. The van der Waals surface area contributed by atoms with Crippen molar-refractivity contribution in [2.45, 2.75) is 12.2 Å². The van der Waals surface area contributed by atoms with Gasteiger partial charge in [-0.1, -0.05) is 60.1 Å². The van der Waals surface area contributed by atoms with Crippen molar-refractivity contribution >= 4 is 11.6 Å². The molecule has 1 nitrogen and oxygen atoms in total. The summed E-state index contributed by atoms with van der Waals surface area (Å²) in [6.07, 6.45) is 0.289. The molecule has 2 aromatic rings. The molecule has 1 heterocycles. The van der Waals surface area contributed by atoms with Crippen molar-refractivity contribution in [3.05, 3.63) is 70.7 Å². The molecule has 2 unspecified atom stereocenters. The van der Waals surface area contributed by atoms with Crippen molar-refractivity contribution in [2.75, 3.05) is 0 Å². The predicted octanol–water partition coefficient (Wildman–Crippen LogP) is 4.15. The lowest BCUT2D eigenvalue weighted by Crippen LogP contribution is -1.85. The van der Waals surface area contributed by atoms with E-state index in [1.54, 1.807) is 0 Å². The first kappa shape index (κ1) is 9.88. The van der Waals surface area contributed by atoms with Crippen molar-refractivity contribution in [3.63, 3.8) is 0 Å². The Hall–Kier alpha value is -1.31. The maximum absolute atomic E-state index is 6.13. The first-order valence-electron chi connectivity index (χ1n) is 5.31. The molecule has 2 atom stereocenters. The standard InChI is InChI=1S/C14H11ClO/c15-12-9-5-4-8-11(12)14-13(16-14)10-6-2-1-3-7-10/h1-9,13-14H. The molecule has 2 heteroatoms. The Morgan fingerprint density at radius 1 is 0.812 bits per heavy atom. The van der Waals surface area contributed by atoms with Gasteiger partial charge in [-0.05, 0) is 11.6 Å². The molecule has 0 amide bonds. The van der Waals surface area contributed by atoms with Gasteiger partial charge in [-0.2, -0.15) is 0 Å². The molecule has 0 spiro atoms. The minimum atomic E-state index is 0.121. The topological polar surface area (TPSA) is 12.5 Å². The third kappa shape index (κ3) is 1.73. The largest absolute Gasteiger partial charge is 0.359 e. The average molecular weight is 231 g/mol. The predicted molar refractivity (Wildman–Crippen MR) is 64.5 cm³/mol. The summed E-state index contributed by atoms with van der Waals surface area (Å²) in [5, 5.41) is 0.783. The molecule has 1 saturated heterocycles. The summed E-state index contributed by atoms with van der Waals surface area (Å²) in [6, 6.07) is 18.1. The number of benzene rings is 2. The van der Waals surface area contributed by atoms with Crippen LogP contribution in [-0.4, -0.2) is 0 Å². The van der Waals surface area contributed by atoms with Crippen LogP contribution in [0.25, 0.3) is 0 Å². The number of hydrogen-bond acceptors (Lipinski definition) is 1. The van der Waals surface area contributed by atoms with Gasteiger partial charge in [0.05, 0.1) is 0 Å². The number of epoxide rings is 1. The number of rotatable bonds is 2. The summed E-state index contributed by atoms with van der Waals surface area (Å²) in [7, 11) is 0. The van der Waals surface area contributed by atoms with Crippen LogP contribution in [0.3, 0.4) is 0 Å². The molecular weight excluding hydrogens is 220 g/mol. The lowest BCUT2D eigenvalue weighted by atomic mass is 10.0. The number of hydrogen-bond donors (Lipinski definition) is 0. The van der Waals surface area contributed by atoms with Crippen molar-refractivity contribution in [1.82, 2.24) is 0 Å². The summed E-state index contributed by atoms with van der Waals surface area (Å²) in [6.45, 7) is 0. The molecule has 0 aromatic heterocycles. The maximum atomic E-state index is 6.13. The van der Waals surface area contributed by atoms with E-state index in [2.05, 4.69) is 12.1 Å². The molecule has 0 N–H and O–H groups in total. The van der Waals surface area contributed by atoms with Crippen LogP contribution in [-0.2, 0) is 4.74 Å². The van der Waals surface area contributed by atoms with Crippen molar-refractivity contribution in [3.8, 4) is 0 Å². The molecule has 0 bridgehead atoms. The quantitative estimate of drug-likeness (QED) is 0.706. The first-order valence-corrected chi connectivity index (χ1v) is 5.69. The fourth-order valence-corrected chi connectivity index (χ4v) is 2.19. The highest BCUT2D eigenvalue weighted by molar-refractivity contribution is 6.31. The Bertz CT molecular complexity index is 495. The van der Waals surface area contributed by atoms with E-state index in [1.807, 2.05) is 42.5 Å². The van der Waals surface area contributed by atoms with Crippen molar-refractivity contribution in [2.24, 2.45) is 0 Å². The normalized spacial score (nSPS) is 23.1. The summed E-state index contributed by atoms with van der Waals surface area (Å²) in [5.41, 5.74) is 2.30. The monoisotopic (exact) mass is 230 g/mol. The number of ether oxygens (including phenoxy) is 1. The summed E-state index contributed by atoms with van der Waals surface area (Å²) in [5.74, 6) is 0. The Morgan fingerprint density at radius 3 is 2.25 bits per heavy atom. The van der Waals surface area contributed by atoms with Crippen molar-refractivity contribution in [1.29, 1.82) is 0 Å². The minimum absolute atomic E-state index is 0.121. The van der Waals surface area contributed by atoms with E-state index in [0.717, 1.165) is 10.6 Å². The fraction of sp³-hybridized carbons (Fsp3) is 0.143. The molecule has 16 heavy (non-hydrogen) atoms. The van der Waals surface area contributed by atoms with E-state index in [9.17, 15) is 0 Å². The van der Waals surface area contributed by atoms with Gasteiger partial charge in [0, 0.05) is 10.6 Å². The molecule has 0 saturated carbocycles. The zero-order valence-corrected chi connectivity index (χ0v) is 9.39. The van der Waals surface area contributed by atoms with Gasteiger partial charge in [0.25, 0.3) is 0 Å². The second-order valence-corrected chi connectivity index (χ2v) is 4.32. The van der Waals surface area contributed by atoms with Gasteiger partial charge < -0.3 is 4.74 Å². The van der Waals surface area contributed by atoms with Gasteiger partial charge in [0.2, 0.25) is 0 Å². The van der Waals surface area contributed by atoms with Crippen LogP contribution >= 0.6 is 11.6 Å². The van der Waals surface area contributed by atoms with Gasteiger partial charge in [-0.25, -0.2) is 0 Å². The molecule has 0 radical (unpaired) electrons. The Balaban J connectivity index is 1.85. The van der Waals surface area contributed by atoms with Crippen LogP contribution < -0.4 is 0 Å². The molecule has 1 fully saturated rings. The highest BCUT2D eigenvalue weighted by Gasteiger charge is 2.42. The molecule has 1 aliphatic heterocycles. The van der Waals surface area contributed by atoms with Gasteiger partial charge in [0.1, 0.15) is 12.2 Å². The summed E-state index contributed by atoms with van der Waals surface area (Å²) < 4.78 is 5.69. The zero-order chi connectivity index (χ0) is 11.0. The first-order chi connectivity index (χ1) is 7.86. The smallest absolute Gasteiger partial charge is 0.115 e. The molecule has 1 aliphatic rings. The SMILES string of the molecule is Clc1ccccc1C1OC1c1ccccc1. The Labute approximate surface area is 99.6 Å². The highest BCUT2D eigenvalue weighted by Crippen LogP contribution is 2.52.